The highest BCUT2D eigenvalue weighted by molar-refractivity contribution is 7.98. The number of carbonyl (C=O) groups excluding carboxylic acids is 1. The van der Waals surface area contributed by atoms with Gasteiger partial charge in [0.25, 0.3) is 5.91 Å². The molecule has 1 fully saturated rings. The van der Waals surface area contributed by atoms with Crippen molar-refractivity contribution < 1.29 is 13.2 Å². The first kappa shape index (κ1) is 26.7. The number of nitrogens with zero attached hydrogens (tertiary/aromatic N) is 1. The molecule has 1 N–H and O–H groups in total. The first-order valence-electron chi connectivity index (χ1n) is 10.8. The van der Waals surface area contributed by atoms with Gasteiger partial charge < -0.3 is 4.90 Å². The van der Waals surface area contributed by atoms with Crippen molar-refractivity contribution in [1.82, 2.24) is 9.62 Å². The number of nitrogens with one attached hydrogen (secondary N) is 1. The lowest BCUT2D eigenvalue weighted by Crippen LogP contribution is -2.32. The number of halogens is 2. The number of rotatable bonds is 9. The molecule has 1 saturated heterocycles. The molecule has 0 bridgehead atoms. The Morgan fingerprint density at radius 3 is 2.42 bits per heavy atom. The molecular weight excluding hydrogens is 519 g/mol. The Balaban J connectivity index is 1.61. The van der Waals surface area contributed by atoms with E-state index in [-0.39, 0.29) is 17.3 Å². The lowest BCUT2D eigenvalue weighted by Gasteiger charge is -2.22. The third kappa shape index (κ3) is 7.54. The number of hydrogen-bond donors (Lipinski definition) is 1. The van der Waals surface area contributed by atoms with Crippen LogP contribution in [0.4, 0.5) is 0 Å². The van der Waals surface area contributed by atoms with Crippen LogP contribution in [0.25, 0.3) is 0 Å². The van der Waals surface area contributed by atoms with Crippen LogP contribution in [-0.2, 0) is 15.8 Å². The quantitative estimate of drug-likeness (QED) is 0.311. The van der Waals surface area contributed by atoms with Gasteiger partial charge in [-0.3, -0.25) is 4.79 Å². The van der Waals surface area contributed by atoms with Crippen molar-refractivity contribution in [3.8, 4) is 0 Å². The molecule has 180 valence electrons. The van der Waals surface area contributed by atoms with E-state index in [2.05, 4.69) is 4.72 Å². The maximum absolute atomic E-state index is 13.2. The number of sulfonamides is 1. The third-order valence-electron chi connectivity index (χ3n) is 5.40. The molecule has 0 spiro atoms. The summed E-state index contributed by atoms with van der Waals surface area (Å²) in [6, 6.07) is 10.3. The smallest absolute Gasteiger partial charge is 0.255 e. The van der Waals surface area contributed by atoms with Crippen LogP contribution >= 0.6 is 46.7 Å². The molecule has 1 aliphatic rings. The third-order valence-corrected chi connectivity index (χ3v) is 9.42. The molecule has 1 aliphatic heterocycles. The Morgan fingerprint density at radius 2 is 1.76 bits per heavy atom. The highest BCUT2D eigenvalue weighted by Crippen LogP contribution is 2.27. The number of likely N-dealkylation sites (tertiary alicyclic amines) is 1. The predicted molar refractivity (Wildman–Crippen MR) is 140 cm³/mol. The molecular formula is C23H28Cl2N2O3S3. The van der Waals surface area contributed by atoms with Gasteiger partial charge >= 0.3 is 0 Å². The van der Waals surface area contributed by atoms with E-state index in [4.69, 9.17) is 23.2 Å². The number of benzene rings is 2. The van der Waals surface area contributed by atoms with Gasteiger partial charge in [0.2, 0.25) is 10.0 Å². The molecule has 0 atom stereocenters. The molecule has 5 nitrogen and oxygen atoms in total. The van der Waals surface area contributed by atoms with Gasteiger partial charge in [0, 0.05) is 36.0 Å². The van der Waals surface area contributed by atoms with Gasteiger partial charge in [-0.1, -0.05) is 42.1 Å². The van der Waals surface area contributed by atoms with Gasteiger partial charge in [0.15, 0.2) is 0 Å². The number of thioether (sulfide) groups is 2. The van der Waals surface area contributed by atoms with E-state index < -0.39 is 10.0 Å². The van der Waals surface area contributed by atoms with E-state index in [0.29, 0.717) is 27.1 Å². The van der Waals surface area contributed by atoms with E-state index in [1.165, 1.54) is 17.8 Å². The minimum Gasteiger partial charge on any atom is -0.339 e. The van der Waals surface area contributed by atoms with Crippen molar-refractivity contribution >= 4 is 62.7 Å². The monoisotopic (exact) mass is 546 g/mol. The van der Waals surface area contributed by atoms with Gasteiger partial charge in [0.1, 0.15) is 0 Å². The van der Waals surface area contributed by atoms with Gasteiger partial charge in [-0.15, -0.1) is 11.8 Å². The molecule has 1 amide bonds. The van der Waals surface area contributed by atoms with Crippen LogP contribution in [0, 0.1) is 0 Å². The zero-order chi connectivity index (χ0) is 23.8. The van der Waals surface area contributed by atoms with E-state index in [0.717, 1.165) is 49.2 Å². The average Bonchev–Trinajstić information content (AvgIpc) is 3.10. The lowest BCUT2D eigenvalue weighted by atomic mass is 10.2. The highest BCUT2D eigenvalue weighted by atomic mass is 35.5. The number of hydrogen-bond acceptors (Lipinski definition) is 5. The van der Waals surface area contributed by atoms with Crippen molar-refractivity contribution in [1.29, 1.82) is 0 Å². The Bertz CT molecular complexity index is 1070. The SMILES string of the molecule is CSc1ccc(S(=O)(=O)NCCSCc2ccc(Cl)c(Cl)c2)cc1C(=O)N1CCCCCC1. The number of carbonyl (C=O) groups is 1. The summed E-state index contributed by atoms with van der Waals surface area (Å²) >= 11 is 15.0. The standard InChI is InChI=1S/C23H28Cl2N2O3S3/c1-31-22-9-7-18(15-19(22)23(28)27-11-4-2-3-5-12-27)33(29,30)26-10-13-32-16-17-6-8-20(24)21(25)14-17/h6-9,14-15,26H,2-5,10-13,16H2,1H3. The zero-order valence-electron chi connectivity index (χ0n) is 18.5. The summed E-state index contributed by atoms with van der Waals surface area (Å²) in [6.07, 6.45) is 6.12. The van der Waals surface area contributed by atoms with E-state index >= 15 is 0 Å². The fourth-order valence-electron chi connectivity index (χ4n) is 3.62. The summed E-state index contributed by atoms with van der Waals surface area (Å²) < 4.78 is 28.4. The lowest BCUT2D eigenvalue weighted by molar-refractivity contribution is 0.0758. The maximum atomic E-state index is 13.2. The highest BCUT2D eigenvalue weighted by Gasteiger charge is 2.23. The second-order valence-electron chi connectivity index (χ2n) is 7.77. The molecule has 0 aliphatic carbocycles. The van der Waals surface area contributed by atoms with Crippen LogP contribution < -0.4 is 4.72 Å². The minimum absolute atomic E-state index is 0.0875. The largest absolute Gasteiger partial charge is 0.339 e. The second-order valence-corrected chi connectivity index (χ2v) is 12.3. The topological polar surface area (TPSA) is 66.5 Å². The maximum Gasteiger partial charge on any atom is 0.255 e. The van der Waals surface area contributed by atoms with E-state index in [1.54, 1.807) is 30.0 Å². The summed E-state index contributed by atoms with van der Waals surface area (Å²) in [7, 11) is -3.72. The van der Waals surface area contributed by atoms with E-state index in [9.17, 15) is 13.2 Å². The second kappa shape index (κ2) is 12.7. The van der Waals surface area contributed by atoms with Gasteiger partial charge in [-0.25, -0.2) is 13.1 Å². The molecule has 0 unspecified atom stereocenters. The van der Waals surface area contributed by atoms with E-state index in [1.807, 2.05) is 23.3 Å². The van der Waals surface area contributed by atoms with Crippen LogP contribution in [0.1, 0.15) is 41.6 Å². The van der Waals surface area contributed by atoms with Crippen LogP contribution in [0.15, 0.2) is 46.2 Å². The normalized spacial score (nSPS) is 14.8. The fourth-order valence-corrected chi connectivity index (χ4v) is 6.50. The summed E-state index contributed by atoms with van der Waals surface area (Å²) in [4.78, 5) is 15.9. The number of amides is 1. The van der Waals surface area contributed by atoms with Crippen molar-refractivity contribution in [3.05, 3.63) is 57.6 Å². The van der Waals surface area contributed by atoms with Crippen molar-refractivity contribution in [2.45, 2.75) is 41.2 Å². The Kier molecular flexibility index (Phi) is 10.3. The first-order chi connectivity index (χ1) is 15.8. The van der Waals surface area contributed by atoms with Gasteiger partial charge in [-0.05, 0) is 55.0 Å². The van der Waals surface area contributed by atoms with Gasteiger partial charge in [0.05, 0.1) is 20.5 Å². The summed E-state index contributed by atoms with van der Waals surface area (Å²) in [5.74, 6) is 1.22. The van der Waals surface area contributed by atoms with Crippen LogP contribution in [-0.4, -0.2) is 50.9 Å². The minimum atomic E-state index is -3.72. The van der Waals surface area contributed by atoms with Crippen molar-refractivity contribution in [2.24, 2.45) is 0 Å². The fraction of sp³-hybridized carbons (Fsp3) is 0.435. The zero-order valence-corrected chi connectivity index (χ0v) is 22.4. The molecule has 33 heavy (non-hydrogen) atoms. The predicted octanol–water partition coefficient (Wildman–Crippen LogP) is 5.94. The first-order valence-corrected chi connectivity index (χ1v) is 15.4. The molecule has 0 radical (unpaired) electrons. The Morgan fingerprint density at radius 1 is 1.03 bits per heavy atom. The molecule has 3 rings (SSSR count). The summed E-state index contributed by atoms with van der Waals surface area (Å²) in [5.41, 5.74) is 1.49. The van der Waals surface area contributed by atoms with Crippen molar-refractivity contribution in [3.63, 3.8) is 0 Å². The average molecular weight is 548 g/mol. The Hall–Kier alpha value is -0.900. The molecule has 1 heterocycles. The molecule has 2 aromatic rings. The Labute approximate surface area is 215 Å². The van der Waals surface area contributed by atoms with Crippen LogP contribution in [0.3, 0.4) is 0 Å². The summed E-state index contributed by atoms with van der Waals surface area (Å²) in [6.45, 7) is 1.73. The molecule has 10 heteroatoms. The van der Waals surface area contributed by atoms with Crippen LogP contribution in [0.5, 0.6) is 0 Å². The molecule has 0 aromatic heterocycles. The summed E-state index contributed by atoms with van der Waals surface area (Å²) in [5, 5.41) is 1.02. The van der Waals surface area contributed by atoms with Gasteiger partial charge in [-0.2, -0.15) is 11.8 Å². The molecule has 0 saturated carbocycles. The van der Waals surface area contributed by atoms with Crippen molar-refractivity contribution in [2.75, 3.05) is 31.6 Å². The molecule has 2 aromatic carbocycles. The van der Waals surface area contributed by atoms with Crippen LogP contribution in [0.2, 0.25) is 10.0 Å².